The molecule has 1 unspecified atom stereocenters. The minimum atomic E-state index is -0.0801. The van der Waals surface area contributed by atoms with Gasteiger partial charge in [0.2, 0.25) is 0 Å². The van der Waals surface area contributed by atoms with Crippen molar-refractivity contribution in [2.75, 3.05) is 18.8 Å². The van der Waals surface area contributed by atoms with Crippen molar-refractivity contribution in [3.63, 3.8) is 0 Å². The molecule has 5 heteroatoms. The number of rotatable bonds is 6. The molecule has 0 bridgehead atoms. The average Bonchev–Trinajstić information content (AvgIpc) is 2.76. The third kappa shape index (κ3) is 3.49. The standard InChI is InChI=1S/C14H26N4O/c1-6-10(5)8-18(7-2)14(19)13-11(15)12(9(3)4)16-17-13/h9-10H,6-8,15H2,1-5H3,(H,16,17). The third-order valence-corrected chi connectivity index (χ3v) is 3.51. The van der Waals surface area contributed by atoms with E-state index < -0.39 is 0 Å². The molecule has 0 spiro atoms. The van der Waals surface area contributed by atoms with Crippen molar-refractivity contribution in [2.45, 2.75) is 47.0 Å². The first kappa shape index (κ1) is 15.5. The molecule has 5 nitrogen and oxygen atoms in total. The number of anilines is 1. The van der Waals surface area contributed by atoms with Crippen molar-refractivity contribution < 1.29 is 4.79 Å². The minimum Gasteiger partial charge on any atom is -0.395 e. The zero-order valence-electron chi connectivity index (χ0n) is 12.7. The molecule has 0 aliphatic carbocycles. The Kier molecular flexibility index (Phi) is 5.39. The smallest absolute Gasteiger partial charge is 0.276 e. The molecule has 108 valence electrons. The second kappa shape index (κ2) is 6.59. The molecule has 0 saturated heterocycles. The number of nitrogens with two attached hydrogens (primary N) is 1. The molecule has 19 heavy (non-hydrogen) atoms. The molecule has 1 heterocycles. The Bertz CT molecular complexity index is 425. The van der Waals surface area contributed by atoms with Gasteiger partial charge in [-0.05, 0) is 18.8 Å². The lowest BCUT2D eigenvalue weighted by Crippen LogP contribution is -2.35. The number of carbonyl (C=O) groups is 1. The maximum absolute atomic E-state index is 12.4. The SMILES string of the molecule is CCC(C)CN(CC)C(=O)c1n[nH]c(C(C)C)c1N. The van der Waals surface area contributed by atoms with Crippen molar-refractivity contribution in [3.8, 4) is 0 Å². The summed E-state index contributed by atoms with van der Waals surface area (Å²) in [6.07, 6.45) is 1.05. The van der Waals surface area contributed by atoms with E-state index in [1.807, 2.05) is 25.7 Å². The van der Waals surface area contributed by atoms with Crippen molar-refractivity contribution in [2.24, 2.45) is 5.92 Å². The lowest BCUT2D eigenvalue weighted by Gasteiger charge is -2.23. The van der Waals surface area contributed by atoms with Crippen LogP contribution in [0.4, 0.5) is 5.69 Å². The van der Waals surface area contributed by atoms with Gasteiger partial charge in [-0.3, -0.25) is 9.89 Å². The summed E-state index contributed by atoms with van der Waals surface area (Å²) >= 11 is 0. The van der Waals surface area contributed by atoms with Crippen LogP contribution in [0.2, 0.25) is 0 Å². The Morgan fingerprint density at radius 2 is 2.00 bits per heavy atom. The Hall–Kier alpha value is -1.52. The number of amides is 1. The molecule has 0 fully saturated rings. The summed E-state index contributed by atoms with van der Waals surface area (Å²) in [5.41, 5.74) is 7.70. The van der Waals surface area contributed by atoms with Gasteiger partial charge in [0.1, 0.15) is 0 Å². The first-order valence-electron chi connectivity index (χ1n) is 7.05. The summed E-state index contributed by atoms with van der Waals surface area (Å²) in [5, 5.41) is 6.98. The first-order chi connectivity index (χ1) is 8.92. The molecule has 0 saturated carbocycles. The second-order valence-corrected chi connectivity index (χ2v) is 5.41. The zero-order valence-corrected chi connectivity index (χ0v) is 12.7. The summed E-state index contributed by atoms with van der Waals surface area (Å²) in [6.45, 7) is 11.7. The van der Waals surface area contributed by atoms with Crippen LogP contribution >= 0.6 is 0 Å². The van der Waals surface area contributed by atoms with Gasteiger partial charge in [0.25, 0.3) is 5.91 Å². The number of nitrogens with one attached hydrogen (secondary N) is 1. The Labute approximate surface area is 115 Å². The number of nitrogens with zero attached hydrogens (tertiary/aromatic N) is 2. The largest absolute Gasteiger partial charge is 0.395 e. The van der Waals surface area contributed by atoms with Crippen LogP contribution in [0.25, 0.3) is 0 Å². The molecule has 1 rings (SSSR count). The molecule has 3 N–H and O–H groups in total. The van der Waals surface area contributed by atoms with Crippen LogP contribution in [0.3, 0.4) is 0 Å². The van der Waals surface area contributed by atoms with Crippen LogP contribution in [0.15, 0.2) is 0 Å². The van der Waals surface area contributed by atoms with E-state index in [4.69, 9.17) is 5.73 Å². The maximum Gasteiger partial charge on any atom is 0.276 e. The van der Waals surface area contributed by atoms with Crippen LogP contribution in [-0.2, 0) is 0 Å². The molecular formula is C14H26N4O. The van der Waals surface area contributed by atoms with Crippen molar-refractivity contribution in [1.82, 2.24) is 15.1 Å². The molecule has 0 aromatic carbocycles. The quantitative estimate of drug-likeness (QED) is 0.831. The Balaban J connectivity index is 2.92. The summed E-state index contributed by atoms with van der Waals surface area (Å²) < 4.78 is 0. The normalized spacial score (nSPS) is 12.7. The van der Waals surface area contributed by atoms with Gasteiger partial charge in [-0.25, -0.2) is 0 Å². The lowest BCUT2D eigenvalue weighted by atomic mass is 10.1. The lowest BCUT2D eigenvalue weighted by molar-refractivity contribution is 0.0736. The average molecular weight is 266 g/mol. The molecular weight excluding hydrogens is 240 g/mol. The summed E-state index contributed by atoms with van der Waals surface area (Å²) in [5.74, 6) is 0.635. The van der Waals surface area contributed by atoms with Crippen molar-refractivity contribution in [1.29, 1.82) is 0 Å². The van der Waals surface area contributed by atoms with Crippen LogP contribution in [-0.4, -0.2) is 34.1 Å². The number of hydrogen-bond acceptors (Lipinski definition) is 3. The maximum atomic E-state index is 12.4. The van der Waals surface area contributed by atoms with E-state index in [1.165, 1.54) is 0 Å². The molecule has 0 radical (unpaired) electrons. The first-order valence-corrected chi connectivity index (χ1v) is 7.05. The molecule has 0 aliphatic rings. The van der Waals surface area contributed by atoms with Gasteiger partial charge in [0.15, 0.2) is 5.69 Å². The van der Waals surface area contributed by atoms with Gasteiger partial charge in [-0.2, -0.15) is 5.10 Å². The number of nitrogen functional groups attached to an aromatic ring is 1. The Morgan fingerprint density at radius 1 is 1.37 bits per heavy atom. The summed E-state index contributed by atoms with van der Waals surface area (Å²) in [6, 6.07) is 0. The number of aromatic amines is 1. The van der Waals surface area contributed by atoms with E-state index in [2.05, 4.69) is 24.0 Å². The van der Waals surface area contributed by atoms with E-state index in [0.717, 1.165) is 18.7 Å². The highest BCUT2D eigenvalue weighted by atomic mass is 16.2. The van der Waals surface area contributed by atoms with E-state index in [1.54, 1.807) is 0 Å². The van der Waals surface area contributed by atoms with Gasteiger partial charge >= 0.3 is 0 Å². The van der Waals surface area contributed by atoms with Gasteiger partial charge in [0.05, 0.1) is 11.4 Å². The highest BCUT2D eigenvalue weighted by Gasteiger charge is 2.23. The second-order valence-electron chi connectivity index (χ2n) is 5.41. The predicted octanol–water partition coefficient (Wildman–Crippen LogP) is 2.62. The monoisotopic (exact) mass is 266 g/mol. The number of hydrogen-bond donors (Lipinski definition) is 2. The molecule has 1 atom stereocenters. The fraction of sp³-hybridized carbons (Fsp3) is 0.714. The molecule has 0 aliphatic heterocycles. The third-order valence-electron chi connectivity index (χ3n) is 3.51. The van der Waals surface area contributed by atoms with E-state index in [-0.39, 0.29) is 11.8 Å². The summed E-state index contributed by atoms with van der Waals surface area (Å²) in [7, 11) is 0. The van der Waals surface area contributed by atoms with Gasteiger partial charge in [0, 0.05) is 13.1 Å². The fourth-order valence-corrected chi connectivity index (χ4v) is 1.98. The van der Waals surface area contributed by atoms with Crippen molar-refractivity contribution >= 4 is 11.6 Å². The highest BCUT2D eigenvalue weighted by molar-refractivity contribution is 5.97. The minimum absolute atomic E-state index is 0.0801. The van der Waals surface area contributed by atoms with Crippen LogP contribution in [0.5, 0.6) is 0 Å². The van der Waals surface area contributed by atoms with E-state index >= 15 is 0 Å². The van der Waals surface area contributed by atoms with Gasteiger partial charge in [-0.15, -0.1) is 0 Å². The summed E-state index contributed by atoms with van der Waals surface area (Å²) in [4.78, 5) is 14.3. The molecule has 1 aromatic rings. The predicted molar refractivity (Wildman–Crippen MR) is 78.1 cm³/mol. The van der Waals surface area contributed by atoms with Crippen LogP contribution < -0.4 is 5.73 Å². The molecule has 1 amide bonds. The fourth-order valence-electron chi connectivity index (χ4n) is 1.98. The topological polar surface area (TPSA) is 75.0 Å². The molecule has 1 aromatic heterocycles. The number of carbonyl (C=O) groups excluding carboxylic acids is 1. The highest BCUT2D eigenvalue weighted by Crippen LogP contribution is 2.23. The zero-order chi connectivity index (χ0) is 14.6. The van der Waals surface area contributed by atoms with Crippen LogP contribution in [0, 0.1) is 5.92 Å². The Morgan fingerprint density at radius 3 is 2.42 bits per heavy atom. The van der Waals surface area contributed by atoms with E-state index in [9.17, 15) is 4.79 Å². The van der Waals surface area contributed by atoms with Gasteiger partial charge in [-0.1, -0.05) is 34.1 Å². The number of aromatic nitrogens is 2. The van der Waals surface area contributed by atoms with Gasteiger partial charge < -0.3 is 10.6 Å². The van der Waals surface area contributed by atoms with Crippen LogP contribution in [0.1, 0.15) is 63.1 Å². The van der Waals surface area contributed by atoms with E-state index in [0.29, 0.717) is 23.8 Å². The number of H-pyrrole nitrogens is 1. The van der Waals surface area contributed by atoms with Crippen molar-refractivity contribution in [3.05, 3.63) is 11.4 Å².